The van der Waals surface area contributed by atoms with Crippen molar-refractivity contribution in [1.29, 1.82) is 0 Å². The number of hydrogen-bond donors (Lipinski definition) is 1. The van der Waals surface area contributed by atoms with Gasteiger partial charge in [-0.3, -0.25) is 4.79 Å². The molecule has 1 aliphatic heterocycles. The maximum atomic E-state index is 13.0. The topological polar surface area (TPSA) is 69.3 Å². The second-order valence-electron chi connectivity index (χ2n) is 8.12. The molecule has 1 N–H and O–H groups in total. The highest BCUT2D eigenvalue weighted by atomic mass is 16.5. The molecule has 0 aliphatic carbocycles. The minimum Gasteiger partial charge on any atom is -0.495 e. The van der Waals surface area contributed by atoms with E-state index in [0.29, 0.717) is 29.5 Å². The van der Waals surface area contributed by atoms with Crippen LogP contribution in [0.5, 0.6) is 23.0 Å². The fraction of sp³-hybridized carbons (Fsp3) is 0.296. The van der Waals surface area contributed by atoms with E-state index in [0.717, 1.165) is 17.0 Å². The van der Waals surface area contributed by atoms with E-state index >= 15 is 0 Å². The van der Waals surface area contributed by atoms with E-state index in [1.54, 1.807) is 45.5 Å². The summed E-state index contributed by atoms with van der Waals surface area (Å²) in [6.07, 6.45) is 0. The molecule has 4 rings (SSSR count). The number of anilines is 2. The summed E-state index contributed by atoms with van der Waals surface area (Å²) in [6.45, 7) is 2.61. The van der Waals surface area contributed by atoms with Gasteiger partial charge >= 0.3 is 0 Å². The third kappa shape index (κ3) is 4.21. The van der Waals surface area contributed by atoms with Crippen molar-refractivity contribution in [1.82, 2.24) is 0 Å². The second kappa shape index (κ2) is 9.95. The van der Waals surface area contributed by atoms with Crippen molar-refractivity contribution < 1.29 is 23.7 Å². The number of nitrogens with zero attached hydrogens (tertiary/aromatic N) is 1. The molecule has 1 saturated heterocycles. The van der Waals surface area contributed by atoms with Crippen molar-refractivity contribution in [2.75, 3.05) is 38.7 Å². The molecule has 1 amide bonds. The smallest absolute Gasteiger partial charge is 0.232 e. The van der Waals surface area contributed by atoms with Gasteiger partial charge in [-0.1, -0.05) is 43.3 Å². The molecule has 1 aliphatic rings. The van der Waals surface area contributed by atoms with Crippen LogP contribution in [0.1, 0.15) is 24.1 Å². The largest absolute Gasteiger partial charge is 0.495 e. The second-order valence-corrected chi connectivity index (χ2v) is 8.12. The lowest BCUT2D eigenvalue weighted by Gasteiger charge is -2.46. The number of benzene rings is 3. The normalized spacial score (nSPS) is 17.1. The lowest BCUT2D eigenvalue weighted by atomic mass is 9.83. The molecule has 1 fully saturated rings. The van der Waals surface area contributed by atoms with Crippen LogP contribution < -0.4 is 29.2 Å². The van der Waals surface area contributed by atoms with Gasteiger partial charge in [0, 0.05) is 18.7 Å². The Bertz CT molecular complexity index is 1140. The van der Waals surface area contributed by atoms with Crippen molar-refractivity contribution in [3.63, 3.8) is 0 Å². The Kier molecular flexibility index (Phi) is 6.82. The summed E-state index contributed by atoms with van der Waals surface area (Å²) in [5.74, 6) is 2.11. The molecule has 0 radical (unpaired) electrons. The quantitative estimate of drug-likeness (QED) is 0.449. The number of carbonyl (C=O) groups excluding carboxylic acids is 1. The third-order valence-electron chi connectivity index (χ3n) is 6.20. The summed E-state index contributed by atoms with van der Waals surface area (Å²) in [5, 5.41) is 3.47. The van der Waals surface area contributed by atoms with Crippen molar-refractivity contribution in [3.8, 4) is 23.0 Å². The summed E-state index contributed by atoms with van der Waals surface area (Å²) in [4.78, 5) is 14.8. The Balaban J connectivity index is 1.67. The Morgan fingerprint density at radius 1 is 0.824 bits per heavy atom. The van der Waals surface area contributed by atoms with E-state index in [-0.39, 0.29) is 17.9 Å². The van der Waals surface area contributed by atoms with Crippen LogP contribution in [-0.4, -0.2) is 34.3 Å². The number of rotatable bonds is 9. The number of hydrogen-bond acceptors (Lipinski definition) is 6. The van der Waals surface area contributed by atoms with E-state index in [9.17, 15) is 4.79 Å². The van der Waals surface area contributed by atoms with Gasteiger partial charge in [0.05, 0.1) is 51.8 Å². The first kappa shape index (κ1) is 23.3. The number of carbonyl (C=O) groups is 1. The standard InChI is InChI=1S/C27H30N2O5/c1-17-25(29(27(17)30)20-14-23(32-3)26(34-5)24(15-20)33-4)19-11-12-22(31-2)21(13-19)28-16-18-9-7-6-8-10-18/h6-15,17,25,28H,16H2,1-5H3/t17-,25-/m1/s1. The predicted molar refractivity (Wildman–Crippen MR) is 132 cm³/mol. The molecule has 1 heterocycles. The first-order valence-corrected chi connectivity index (χ1v) is 11.1. The lowest BCUT2D eigenvalue weighted by Crippen LogP contribution is -2.54. The molecule has 3 aromatic rings. The fourth-order valence-corrected chi connectivity index (χ4v) is 4.41. The highest BCUT2D eigenvalue weighted by Gasteiger charge is 2.46. The number of ether oxygens (including phenoxy) is 4. The summed E-state index contributed by atoms with van der Waals surface area (Å²) in [6, 6.07) is 19.6. The number of methoxy groups -OCH3 is 4. The van der Waals surface area contributed by atoms with Crippen molar-refractivity contribution in [2.24, 2.45) is 5.92 Å². The van der Waals surface area contributed by atoms with Gasteiger partial charge in [-0.15, -0.1) is 0 Å². The van der Waals surface area contributed by atoms with Crippen LogP contribution >= 0.6 is 0 Å². The molecule has 3 aromatic carbocycles. The number of β-lactam (4-membered cyclic amide) rings is 1. The zero-order chi connectivity index (χ0) is 24.2. The molecule has 178 valence electrons. The van der Waals surface area contributed by atoms with Crippen molar-refractivity contribution in [3.05, 3.63) is 71.8 Å². The Hall–Kier alpha value is -3.87. The van der Waals surface area contributed by atoms with Crippen LogP contribution in [0, 0.1) is 5.92 Å². The van der Waals surface area contributed by atoms with Crippen LogP contribution in [-0.2, 0) is 11.3 Å². The monoisotopic (exact) mass is 462 g/mol. The van der Waals surface area contributed by atoms with Gasteiger partial charge in [0.1, 0.15) is 5.75 Å². The maximum absolute atomic E-state index is 13.0. The predicted octanol–water partition coefficient (Wildman–Crippen LogP) is 5.06. The summed E-state index contributed by atoms with van der Waals surface area (Å²) < 4.78 is 22.0. The van der Waals surface area contributed by atoms with Gasteiger partial charge in [-0.25, -0.2) is 0 Å². The van der Waals surface area contributed by atoms with E-state index in [4.69, 9.17) is 18.9 Å². The zero-order valence-electron chi connectivity index (χ0n) is 20.1. The van der Waals surface area contributed by atoms with Crippen LogP contribution in [0.25, 0.3) is 0 Å². The number of amides is 1. The molecular formula is C27H30N2O5. The Morgan fingerprint density at radius 2 is 1.47 bits per heavy atom. The lowest BCUT2D eigenvalue weighted by molar-refractivity contribution is -0.129. The Labute approximate surface area is 200 Å². The molecule has 0 spiro atoms. The molecule has 0 aromatic heterocycles. The molecule has 0 saturated carbocycles. The zero-order valence-corrected chi connectivity index (χ0v) is 20.1. The summed E-state index contributed by atoms with van der Waals surface area (Å²) in [7, 11) is 6.34. The molecule has 0 unspecified atom stereocenters. The summed E-state index contributed by atoms with van der Waals surface area (Å²) >= 11 is 0. The SMILES string of the molecule is COc1ccc([C@H]2[C@@H](C)C(=O)N2c2cc(OC)c(OC)c(OC)c2)cc1NCc1ccccc1. The molecule has 0 bridgehead atoms. The van der Waals surface area contributed by atoms with Gasteiger partial charge < -0.3 is 29.2 Å². The van der Waals surface area contributed by atoms with Gasteiger partial charge in [0.15, 0.2) is 11.5 Å². The van der Waals surface area contributed by atoms with Crippen LogP contribution in [0.15, 0.2) is 60.7 Å². The van der Waals surface area contributed by atoms with Gasteiger partial charge in [-0.05, 0) is 23.3 Å². The Morgan fingerprint density at radius 3 is 2.06 bits per heavy atom. The van der Waals surface area contributed by atoms with E-state index in [1.165, 1.54) is 5.56 Å². The van der Waals surface area contributed by atoms with Crippen molar-refractivity contribution >= 4 is 17.3 Å². The molecule has 34 heavy (non-hydrogen) atoms. The van der Waals surface area contributed by atoms with Crippen LogP contribution in [0.2, 0.25) is 0 Å². The molecule has 2 atom stereocenters. The fourth-order valence-electron chi connectivity index (χ4n) is 4.41. The molecular weight excluding hydrogens is 432 g/mol. The van der Waals surface area contributed by atoms with Crippen LogP contribution in [0.4, 0.5) is 11.4 Å². The van der Waals surface area contributed by atoms with E-state index in [2.05, 4.69) is 23.5 Å². The molecule has 7 nitrogen and oxygen atoms in total. The average molecular weight is 463 g/mol. The van der Waals surface area contributed by atoms with Gasteiger partial charge in [0.25, 0.3) is 0 Å². The number of nitrogens with one attached hydrogen (secondary N) is 1. The van der Waals surface area contributed by atoms with E-state index in [1.807, 2.05) is 37.3 Å². The minimum absolute atomic E-state index is 0.0360. The minimum atomic E-state index is -0.172. The van der Waals surface area contributed by atoms with E-state index < -0.39 is 0 Å². The first-order valence-electron chi connectivity index (χ1n) is 11.1. The molecule has 7 heteroatoms. The highest BCUT2D eigenvalue weighted by Crippen LogP contribution is 2.49. The van der Waals surface area contributed by atoms with Gasteiger partial charge in [0.2, 0.25) is 11.7 Å². The first-order chi connectivity index (χ1) is 16.5. The van der Waals surface area contributed by atoms with Crippen LogP contribution in [0.3, 0.4) is 0 Å². The van der Waals surface area contributed by atoms with Crippen molar-refractivity contribution in [2.45, 2.75) is 19.5 Å². The highest BCUT2D eigenvalue weighted by molar-refractivity contribution is 6.03. The maximum Gasteiger partial charge on any atom is 0.232 e. The van der Waals surface area contributed by atoms with Gasteiger partial charge in [-0.2, -0.15) is 0 Å². The third-order valence-corrected chi connectivity index (χ3v) is 6.20. The average Bonchev–Trinajstić information content (AvgIpc) is 2.89. The summed E-state index contributed by atoms with van der Waals surface area (Å²) in [5.41, 5.74) is 3.75.